The average Bonchev–Trinajstić information content (AvgIpc) is 2.48. The summed E-state index contributed by atoms with van der Waals surface area (Å²) >= 11 is 4.66. The number of hydrogen-bond donors (Lipinski definition) is 2. The lowest BCUT2D eigenvalue weighted by Crippen LogP contribution is -2.27. The largest absolute Gasteiger partial charge is 0.316 e. The number of nitrogens with one attached hydrogen (secondary N) is 1. The van der Waals surface area contributed by atoms with Crippen LogP contribution >= 0.6 is 12.6 Å². The fourth-order valence-electron chi connectivity index (χ4n) is 3.38. The minimum absolute atomic E-state index is 0.221. The standard InChI is InChI=1S/C12H23NS/c1-8(7-13-6)12(10(3)14)9(2)11(12,4)5/h9-10,13-14H,1,7H2,2-6H3/t9-,10?,12?/m1/s1. The van der Waals surface area contributed by atoms with Gasteiger partial charge in [0.1, 0.15) is 0 Å². The van der Waals surface area contributed by atoms with Crippen LogP contribution in [0.2, 0.25) is 0 Å². The van der Waals surface area contributed by atoms with Crippen molar-refractivity contribution in [2.24, 2.45) is 16.7 Å². The van der Waals surface area contributed by atoms with Gasteiger partial charge in [-0.2, -0.15) is 12.6 Å². The molecule has 0 bridgehead atoms. The molecule has 2 heteroatoms. The van der Waals surface area contributed by atoms with Gasteiger partial charge in [0.2, 0.25) is 0 Å². The summed E-state index contributed by atoms with van der Waals surface area (Å²) in [6, 6.07) is 0. The van der Waals surface area contributed by atoms with Crippen LogP contribution in [-0.4, -0.2) is 18.8 Å². The summed E-state index contributed by atoms with van der Waals surface area (Å²) in [6.45, 7) is 14.3. The van der Waals surface area contributed by atoms with Crippen LogP contribution in [0.3, 0.4) is 0 Å². The smallest absolute Gasteiger partial charge is 0.0165 e. The maximum atomic E-state index is 4.66. The van der Waals surface area contributed by atoms with Crippen LogP contribution in [0.1, 0.15) is 27.7 Å². The number of rotatable bonds is 4. The van der Waals surface area contributed by atoms with E-state index < -0.39 is 0 Å². The number of thiol groups is 1. The molecular weight excluding hydrogens is 190 g/mol. The van der Waals surface area contributed by atoms with Gasteiger partial charge in [-0.15, -0.1) is 0 Å². The molecule has 1 nitrogen and oxygen atoms in total. The Morgan fingerprint density at radius 1 is 1.57 bits per heavy atom. The Hall–Kier alpha value is 0.0500. The first-order valence-electron chi connectivity index (χ1n) is 5.34. The van der Waals surface area contributed by atoms with Crippen molar-refractivity contribution >= 4 is 12.6 Å². The zero-order valence-electron chi connectivity index (χ0n) is 10.0. The summed E-state index contributed by atoms with van der Waals surface area (Å²) in [7, 11) is 1.97. The third-order valence-corrected chi connectivity index (χ3v) is 4.79. The predicted octanol–water partition coefficient (Wildman–Crippen LogP) is 2.74. The van der Waals surface area contributed by atoms with E-state index in [4.69, 9.17) is 0 Å². The fourth-order valence-corrected chi connectivity index (χ4v) is 4.12. The Morgan fingerprint density at radius 2 is 2.00 bits per heavy atom. The Morgan fingerprint density at radius 3 is 2.21 bits per heavy atom. The summed E-state index contributed by atoms with van der Waals surface area (Å²) in [6.07, 6.45) is 0. The highest BCUT2D eigenvalue weighted by molar-refractivity contribution is 7.81. The Balaban J connectivity index is 2.94. The molecule has 0 aromatic carbocycles. The third-order valence-electron chi connectivity index (χ3n) is 4.38. The molecule has 3 atom stereocenters. The van der Waals surface area contributed by atoms with Crippen LogP contribution in [0.5, 0.6) is 0 Å². The average molecular weight is 213 g/mol. The summed E-state index contributed by atoms with van der Waals surface area (Å²) < 4.78 is 0. The van der Waals surface area contributed by atoms with Crippen molar-refractivity contribution in [1.29, 1.82) is 0 Å². The van der Waals surface area contributed by atoms with E-state index in [0.717, 1.165) is 6.54 Å². The van der Waals surface area contributed by atoms with Crippen molar-refractivity contribution in [1.82, 2.24) is 5.32 Å². The highest BCUT2D eigenvalue weighted by Gasteiger charge is 2.70. The molecule has 0 aliphatic heterocycles. The second-order valence-electron chi connectivity index (χ2n) is 5.12. The zero-order valence-corrected chi connectivity index (χ0v) is 10.9. The van der Waals surface area contributed by atoms with E-state index in [2.05, 4.69) is 52.2 Å². The highest BCUT2D eigenvalue weighted by atomic mass is 32.1. The molecule has 0 spiro atoms. The molecule has 1 aliphatic carbocycles. The van der Waals surface area contributed by atoms with E-state index in [0.29, 0.717) is 16.6 Å². The molecule has 1 saturated carbocycles. The van der Waals surface area contributed by atoms with E-state index in [1.54, 1.807) is 0 Å². The number of likely N-dealkylation sites (N-methyl/N-ethyl adjacent to an activating group) is 1. The van der Waals surface area contributed by atoms with Crippen molar-refractivity contribution in [2.75, 3.05) is 13.6 Å². The lowest BCUT2D eigenvalue weighted by atomic mass is 9.85. The van der Waals surface area contributed by atoms with Crippen LogP contribution < -0.4 is 5.32 Å². The van der Waals surface area contributed by atoms with Gasteiger partial charge in [-0.3, -0.25) is 0 Å². The van der Waals surface area contributed by atoms with Crippen LogP contribution in [-0.2, 0) is 0 Å². The predicted molar refractivity (Wildman–Crippen MR) is 66.9 cm³/mol. The van der Waals surface area contributed by atoms with Gasteiger partial charge in [0.15, 0.2) is 0 Å². The molecule has 2 unspecified atom stereocenters. The Kier molecular flexibility index (Phi) is 3.09. The molecule has 0 aromatic heterocycles. The van der Waals surface area contributed by atoms with Crippen molar-refractivity contribution in [3.63, 3.8) is 0 Å². The highest BCUT2D eigenvalue weighted by Crippen LogP contribution is 2.74. The molecule has 1 rings (SSSR count). The van der Waals surface area contributed by atoms with E-state index in [1.807, 2.05) is 7.05 Å². The normalized spacial score (nSPS) is 36.6. The monoisotopic (exact) mass is 213 g/mol. The maximum Gasteiger partial charge on any atom is 0.0165 e. The van der Waals surface area contributed by atoms with E-state index >= 15 is 0 Å². The van der Waals surface area contributed by atoms with Gasteiger partial charge in [-0.25, -0.2) is 0 Å². The lowest BCUT2D eigenvalue weighted by molar-refractivity contribution is 0.432. The quantitative estimate of drug-likeness (QED) is 0.540. The second-order valence-corrected chi connectivity index (χ2v) is 5.90. The van der Waals surface area contributed by atoms with E-state index in [9.17, 15) is 0 Å². The Labute approximate surface area is 93.8 Å². The molecule has 0 amide bonds. The summed E-state index contributed by atoms with van der Waals surface area (Å²) in [5, 5.41) is 3.58. The molecular formula is C12H23NS. The van der Waals surface area contributed by atoms with Gasteiger partial charge in [0.25, 0.3) is 0 Å². The first-order chi connectivity index (χ1) is 6.33. The molecule has 0 radical (unpaired) electrons. The molecule has 82 valence electrons. The molecule has 0 aromatic rings. The summed E-state index contributed by atoms with van der Waals surface area (Å²) in [4.78, 5) is 0. The van der Waals surface area contributed by atoms with E-state index in [-0.39, 0.29) is 5.41 Å². The summed E-state index contributed by atoms with van der Waals surface area (Å²) in [5.41, 5.74) is 1.88. The fraction of sp³-hybridized carbons (Fsp3) is 0.833. The minimum atomic E-state index is 0.221. The van der Waals surface area contributed by atoms with Crippen LogP contribution in [0.15, 0.2) is 12.2 Å². The van der Waals surface area contributed by atoms with Gasteiger partial charge < -0.3 is 5.32 Å². The van der Waals surface area contributed by atoms with Gasteiger partial charge in [0.05, 0.1) is 0 Å². The number of hydrogen-bond acceptors (Lipinski definition) is 2. The zero-order chi connectivity index (χ0) is 11.1. The first kappa shape index (κ1) is 12.1. The Bertz CT molecular complexity index is 245. The van der Waals surface area contributed by atoms with Gasteiger partial charge in [-0.05, 0) is 18.4 Å². The van der Waals surface area contributed by atoms with Crippen molar-refractivity contribution < 1.29 is 0 Å². The molecule has 0 saturated heterocycles. The topological polar surface area (TPSA) is 12.0 Å². The maximum absolute atomic E-state index is 4.66. The minimum Gasteiger partial charge on any atom is -0.316 e. The van der Waals surface area contributed by atoms with Crippen LogP contribution in [0.25, 0.3) is 0 Å². The van der Waals surface area contributed by atoms with Crippen molar-refractivity contribution in [3.8, 4) is 0 Å². The van der Waals surface area contributed by atoms with Crippen LogP contribution in [0.4, 0.5) is 0 Å². The van der Waals surface area contributed by atoms with E-state index in [1.165, 1.54) is 5.57 Å². The molecule has 1 fully saturated rings. The van der Waals surface area contributed by atoms with Gasteiger partial charge in [-0.1, -0.05) is 39.8 Å². The van der Waals surface area contributed by atoms with Crippen LogP contribution in [0, 0.1) is 16.7 Å². The van der Waals surface area contributed by atoms with Gasteiger partial charge in [0, 0.05) is 17.2 Å². The molecule has 1 aliphatic rings. The molecule has 1 N–H and O–H groups in total. The first-order valence-corrected chi connectivity index (χ1v) is 5.86. The van der Waals surface area contributed by atoms with Crippen molar-refractivity contribution in [3.05, 3.63) is 12.2 Å². The van der Waals surface area contributed by atoms with Crippen molar-refractivity contribution in [2.45, 2.75) is 32.9 Å². The summed E-state index contributed by atoms with van der Waals surface area (Å²) in [5.74, 6) is 0.684. The van der Waals surface area contributed by atoms with Gasteiger partial charge >= 0.3 is 0 Å². The SMILES string of the molecule is C=C(CNC)C1(C(C)S)[C@H](C)C1(C)C. The lowest BCUT2D eigenvalue weighted by Gasteiger charge is -2.27. The molecule has 14 heavy (non-hydrogen) atoms. The second kappa shape index (κ2) is 3.57. The third kappa shape index (κ3) is 1.27. The molecule has 0 heterocycles.